The van der Waals surface area contributed by atoms with Crippen molar-refractivity contribution in [2.75, 3.05) is 13.1 Å². The molecule has 1 amide bonds. The highest BCUT2D eigenvalue weighted by Crippen LogP contribution is 2.22. The highest BCUT2D eigenvalue weighted by atomic mass is 32.2. The van der Waals surface area contributed by atoms with Crippen LogP contribution >= 0.6 is 0 Å². The molecule has 0 bridgehead atoms. The minimum absolute atomic E-state index is 0.0507. The summed E-state index contributed by atoms with van der Waals surface area (Å²) in [5.74, 6) is -0.207. The summed E-state index contributed by atoms with van der Waals surface area (Å²) in [5, 5.41) is 2.68. The van der Waals surface area contributed by atoms with Crippen LogP contribution < -0.4 is 14.8 Å². The minimum Gasteiger partial charge on any atom is -0.355 e. The molecule has 1 aliphatic rings. The van der Waals surface area contributed by atoms with Gasteiger partial charge in [-0.1, -0.05) is 29.8 Å². The van der Waals surface area contributed by atoms with Gasteiger partial charge in [-0.05, 0) is 56.0 Å². The molecule has 2 aromatic carbocycles. The SMILES string of the molecule is Cc1ccc(S(=O)(=O)NCCNC(=O)CCc2ccc(S(=O)(=O)NC3CC3)cc2)cc1. The fourth-order valence-electron chi connectivity index (χ4n) is 2.86. The van der Waals surface area contributed by atoms with Gasteiger partial charge in [-0.25, -0.2) is 26.3 Å². The summed E-state index contributed by atoms with van der Waals surface area (Å²) >= 11 is 0. The summed E-state index contributed by atoms with van der Waals surface area (Å²) in [6.45, 7) is 2.14. The van der Waals surface area contributed by atoms with E-state index in [1.54, 1.807) is 24.3 Å². The van der Waals surface area contributed by atoms with E-state index in [9.17, 15) is 21.6 Å². The third kappa shape index (κ3) is 7.13. The summed E-state index contributed by atoms with van der Waals surface area (Å²) in [4.78, 5) is 12.4. The summed E-state index contributed by atoms with van der Waals surface area (Å²) in [5.41, 5.74) is 1.82. The molecule has 0 saturated heterocycles. The van der Waals surface area contributed by atoms with Crippen LogP contribution in [-0.4, -0.2) is 41.9 Å². The molecule has 168 valence electrons. The maximum Gasteiger partial charge on any atom is 0.240 e. The zero-order valence-corrected chi connectivity index (χ0v) is 18.9. The van der Waals surface area contributed by atoms with E-state index in [1.165, 1.54) is 24.3 Å². The van der Waals surface area contributed by atoms with Gasteiger partial charge in [-0.15, -0.1) is 0 Å². The molecule has 0 aliphatic heterocycles. The fraction of sp³-hybridized carbons (Fsp3) is 0.381. The molecule has 0 heterocycles. The topological polar surface area (TPSA) is 121 Å². The van der Waals surface area contributed by atoms with Crippen molar-refractivity contribution in [3.8, 4) is 0 Å². The number of hydrogen-bond donors (Lipinski definition) is 3. The van der Waals surface area contributed by atoms with E-state index in [2.05, 4.69) is 14.8 Å². The van der Waals surface area contributed by atoms with Crippen LogP contribution in [0, 0.1) is 6.92 Å². The second-order valence-corrected chi connectivity index (χ2v) is 11.1. The molecule has 3 N–H and O–H groups in total. The Morgan fingerprint density at radius 3 is 2.06 bits per heavy atom. The lowest BCUT2D eigenvalue weighted by molar-refractivity contribution is -0.121. The second-order valence-electron chi connectivity index (χ2n) is 7.60. The lowest BCUT2D eigenvalue weighted by Crippen LogP contribution is -2.34. The number of carbonyl (C=O) groups is 1. The molecule has 0 unspecified atom stereocenters. The monoisotopic (exact) mass is 465 g/mol. The summed E-state index contributed by atoms with van der Waals surface area (Å²) < 4.78 is 53.8. The van der Waals surface area contributed by atoms with Crippen molar-refractivity contribution in [2.45, 2.75) is 48.4 Å². The van der Waals surface area contributed by atoms with Crippen molar-refractivity contribution in [1.29, 1.82) is 0 Å². The molecule has 0 atom stereocenters. The first-order valence-electron chi connectivity index (χ1n) is 10.1. The maximum absolute atomic E-state index is 12.2. The van der Waals surface area contributed by atoms with Crippen molar-refractivity contribution in [3.05, 3.63) is 59.7 Å². The maximum atomic E-state index is 12.2. The van der Waals surface area contributed by atoms with Crippen molar-refractivity contribution >= 4 is 26.0 Å². The van der Waals surface area contributed by atoms with Gasteiger partial charge >= 0.3 is 0 Å². The average molecular weight is 466 g/mol. The number of rotatable bonds is 11. The van der Waals surface area contributed by atoms with E-state index >= 15 is 0 Å². The average Bonchev–Trinajstić information content (AvgIpc) is 3.53. The molecular formula is C21H27N3O5S2. The lowest BCUT2D eigenvalue weighted by atomic mass is 10.1. The number of nitrogens with one attached hydrogen (secondary N) is 3. The number of amides is 1. The number of carbonyl (C=O) groups excluding carboxylic acids is 1. The van der Waals surface area contributed by atoms with Crippen LogP contribution in [0.4, 0.5) is 0 Å². The predicted molar refractivity (Wildman–Crippen MR) is 117 cm³/mol. The van der Waals surface area contributed by atoms with E-state index < -0.39 is 20.0 Å². The van der Waals surface area contributed by atoms with Gasteiger partial charge in [-0.3, -0.25) is 4.79 Å². The van der Waals surface area contributed by atoms with Gasteiger partial charge < -0.3 is 5.32 Å². The van der Waals surface area contributed by atoms with Crippen LogP contribution in [0.1, 0.15) is 30.4 Å². The molecule has 1 saturated carbocycles. The molecular weight excluding hydrogens is 438 g/mol. The number of hydrogen-bond acceptors (Lipinski definition) is 5. The van der Waals surface area contributed by atoms with Crippen LogP contribution in [-0.2, 0) is 31.3 Å². The standard InChI is InChI=1S/C21H27N3O5S2/c1-16-2-9-19(10-3-16)30(26,27)23-15-14-22-21(25)13-6-17-4-11-20(12-5-17)31(28,29)24-18-7-8-18/h2-5,9-12,18,23-24H,6-8,13-15H2,1H3,(H,22,25). The van der Waals surface area contributed by atoms with Crippen molar-refractivity contribution in [1.82, 2.24) is 14.8 Å². The normalized spacial score (nSPS) is 14.4. The highest BCUT2D eigenvalue weighted by molar-refractivity contribution is 7.89. The molecule has 0 radical (unpaired) electrons. The van der Waals surface area contributed by atoms with Crippen molar-refractivity contribution in [2.24, 2.45) is 0 Å². The number of sulfonamides is 2. The van der Waals surface area contributed by atoms with E-state index in [0.717, 1.165) is 24.0 Å². The van der Waals surface area contributed by atoms with E-state index in [4.69, 9.17) is 0 Å². The van der Waals surface area contributed by atoms with Crippen LogP contribution in [0.3, 0.4) is 0 Å². The Morgan fingerprint density at radius 2 is 1.45 bits per heavy atom. The Morgan fingerprint density at radius 1 is 0.871 bits per heavy atom. The van der Waals surface area contributed by atoms with Gasteiger partial charge in [0.25, 0.3) is 0 Å². The van der Waals surface area contributed by atoms with Gasteiger partial charge in [0.1, 0.15) is 0 Å². The minimum atomic E-state index is -3.61. The third-order valence-electron chi connectivity index (χ3n) is 4.84. The molecule has 8 nitrogen and oxygen atoms in total. The molecule has 1 aliphatic carbocycles. The van der Waals surface area contributed by atoms with Crippen LogP contribution in [0.2, 0.25) is 0 Å². The van der Waals surface area contributed by atoms with Gasteiger partial charge in [0, 0.05) is 25.6 Å². The first-order chi connectivity index (χ1) is 14.7. The van der Waals surface area contributed by atoms with E-state index in [-0.39, 0.29) is 41.3 Å². The molecule has 1 fully saturated rings. The van der Waals surface area contributed by atoms with Crippen LogP contribution in [0.25, 0.3) is 0 Å². The summed E-state index contributed by atoms with van der Waals surface area (Å²) in [7, 11) is -7.09. The third-order valence-corrected chi connectivity index (χ3v) is 7.86. The van der Waals surface area contributed by atoms with E-state index in [0.29, 0.717) is 6.42 Å². The Hall–Kier alpha value is -2.27. The molecule has 2 aromatic rings. The molecule has 0 aromatic heterocycles. The van der Waals surface area contributed by atoms with E-state index in [1.807, 2.05) is 6.92 Å². The Bertz CT molecular complexity index is 1110. The Balaban J connectivity index is 1.38. The van der Waals surface area contributed by atoms with Gasteiger partial charge in [-0.2, -0.15) is 0 Å². The second kappa shape index (κ2) is 9.90. The number of aryl methyl sites for hydroxylation is 2. The molecule has 0 spiro atoms. The fourth-order valence-corrected chi connectivity index (χ4v) is 5.20. The Kier molecular flexibility index (Phi) is 7.47. The summed E-state index contributed by atoms with van der Waals surface area (Å²) in [6.07, 6.45) is 2.42. The molecule has 31 heavy (non-hydrogen) atoms. The molecule has 10 heteroatoms. The Labute approximate surface area is 183 Å². The van der Waals surface area contributed by atoms with Gasteiger partial charge in [0.2, 0.25) is 26.0 Å². The van der Waals surface area contributed by atoms with Crippen molar-refractivity contribution < 1.29 is 21.6 Å². The van der Waals surface area contributed by atoms with Crippen LogP contribution in [0.15, 0.2) is 58.3 Å². The first-order valence-corrected chi connectivity index (χ1v) is 13.1. The predicted octanol–water partition coefficient (Wildman–Crippen LogP) is 1.46. The highest BCUT2D eigenvalue weighted by Gasteiger charge is 2.27. The van der Waals surface area contributed by atoms with Crippen molar-refractivity contribution in [3.63, 3.8) is 0 Å². The molecule has 3 rings (SSSR count). The van der Waals surface area contributed by atoms with Crippen LogP contribution in [0.5, 0.6) is 0 Å². The quantitative estimate of drug-likeness (QED) is 0.434. The zero-order valence-electron chi connectivity index (χ0n) is 17.3. The zero-order chi connectivity index (χ0) is 22.5. The number of benzene rings is 2. The van der Waals surface area contributed by atoms with Gasteiger partial charge in [0.15, 0.2) is 0 Å². The van der Waals surface area contributed by atoms with Gasteiger partial charge in [0.05, 0.1) is 9.79 Å². The largest absolute Gasteiger partial charge is 0.355 e. The smallest absolute Gasteiger partial charge is 0.240 e. The first kappa shape index (κ1) is 23.4. The lowest BCUT2D eigenvalue weighted by Gasteiger charge is -2.09. The summed E-state index contributed by atoms with van der Waals surface area (Å²) in [6, 6.07) is 13.0.